The fraction of sp³-hybridized carbons (Fsp3) is 0.100. The summed E-state index contributed by atoms with van der Waals surface area (Å²) in [6.07, 6.45) is 4.98. The van der Waals surface area contributed by atoms with Crippen LogP contribution in [-0.4, -0.2) is 17.7 Å². The van der Waals surface area contributed by atoms with Gasteiger partial charge in [0.05, 0.1) is 11.3 Å². The van der Waals surface area contributed by atoms with Crippen LogP contribution in [0.2, 0.25) is 0 Å². The minimum absolute atomic E-state index is 0.104. The molecule has 2 rings (SSSR count). The van der Waals surface area contributed by atoms with E-state index in [9.17, 15) is 4.79 Å². The van der Waals surface area contributed by atoms with Crippen LogP contribution in [0.25, 0.3) is 0 Å². The molecule has 14 heavy (non-hydrogen) atoms. The Kier molecular flexibility index (Phi) is 2.45. The zero-order valence-electron chi connectivity index (χ0n) is 7.64. The highest BCUT2D eigenvalue weighted by Gasteiger charge is 2.12. The van der Waals surface area contributed by atoms with Crippen molar-refractivity contribution in [3.05, 3.63) is 46.9 Å². The molecule has 1 aliphatic heterocycles. The van der Waals surface area contributed by atoms with Gasteiger partial charge < -0.3 is 9.32 Å². The van der Waals surface area contributed by atoms with Crippen molar-refractivity contribution >= 4 is 17.5 Å². The van der Waals surface area contributed by atoms with Gasteiger partial charge in [-0.3, -0.25) is 4.79 Å². The topological polar surface area (TPSA) is 33.5 Å². The van der Waals surface area contributed by atoms with Gasteiger partial charge in [-0.2, -0.15) is 0 Å². The first-order valence-electron chi connectivity index (χ1n) is 4.13. The van der Waals surface area contributed by atoms with Crippen molar-refractivity contribution in [1.82, 2.24) is 4.90 Å². The van der Waals surface area contributed by atoms with Crippen molar-refractivity contribution in [3.63, 3.8) is 0 Å². The molecule has 3 nitrogen and oxygen atoms in total. The average Bonchev–Trinajstić information content (AvgIpc) is 2.77. The molecule has 0 unspecified atom stereocenters. The van der Waals surface area contributed by atoms with Gasteiger partial charge in [0.2, 0.25) is 5.78 Å². The molecule has 0 fully saturated rings. The van der Waals surface area contributed by atoms with Crippen molar-refractivity contribution in [2.24, 2.45) is 0 Å². The van der Waals surface area contributed by atoms with E-state index >= 15 is 0 Å². The van der Waals surface area contributed by atoms with Crippen molar-refractivity contribution in [1.29, 1.82) is 0 Å². The highest BCUT2D eigenvalue weighted by atomic mass is 32.2. The first-order valence-corrected chi connectivity index (χ1v) is 5.01. The third-order valence-electron chi connectivity index (χ3n) is 1.84. The van der Waals surface area contributed by atoms with Crippen LogP contribution in [0.15, 0.2) is 45.5 Å². The second-order valence-corrected chi connectivity index (χ2v) is 3.76. The number of carbonyl (C=O) groups is 1. The van der Waals surface area contributed by atoms with E-state index in [2.05, 4.69) is 0 Å². The van der Waals surface area contributed by atoms with Crippen molar-refractivity contribution in [2.75, 3.05) is 7.05 Å². The summed E-state index contributed by atoms with van der Waals surface area (Å²) in [4.78, 5) is 13.5. The third-order valence-corrected chi connectivity index (χ3v) is 2.74. The van der Waals surface area contributed by atoms with Crippen LogP contribution in [0, 0.1) is 0 Å². The maximum absolute atomic E-state index is 11.6. The van der Waals surface area contributed by atoms with E-state index in [0.717, 1.165) is 5.03 Å². The lowest BCUT2D eigenvalue weighted by atomic mass is 10.3. The summed E-state index contributed by atoms with van der Waals surface area (Å²) in [6.45, 7) is 0. The fourth-order valence-electron chi connectivity index (χ4n) is 1.09. The van der Waals surface area contributed by atoms with Crippen LogP contribution in [0.1, 0.15) is 10.6 Å². The number of thioether (sulfide) groups is 1. The summed E-state index contributed by atoms with van der Waals surface area (Å²) in [5, 5.41) is 2.84. The average molecular weight is 207 g/mol. The molecule has 2 heterocycles. The number of hydrogen-bond acceptors (Lipinski definition) is 4. The molecule has 0 bridgehead atoms. The maximum atomic E-state index is 11.6. The monoisotopic (exact) mass is 207 g/mol. The Morgan fingerprint density at radius 3 is 3.07 bits per heavy atom. The second-order valence-electron chi connectivity index (χ2n) is 2.84. The number of nitrogens with zero attached hydrogens (tertiary/aromatic N) is 1. The Hall–Kier alpha value is -1.42. The van der Waals surface area contributed by atoms with Crippen LogP contribution >= 0.6 is 11.8 Å². The summed E-state index contributed by atoms with van der Waals surface area (Å²) in [6, 6.07) is 3.36. The Balaban J connectivity index is 2.15. The molecule has 1 aromatic heterocycles. The molecule has 1 aliphatic rings. The number of hydrogen-bond donors (Lipinski definition) is 0. The van der Waals surface area contributed by atoms with Gasteiger partial charge in [0, 0.05) is 19.3 Å². The van der Waals surface area contributed by atoms with Crippen LogP contribution in [0.5, 0.6) is 0 Å². The Morgan fingerprint density at radius 2 is 2.50 bits per heavy atom. The van der Waals surface area contributed by atoms with Gasteiger partial charge in [0.15, 0.2) is 5.76 Å². The Labute approximate surface area is 86.1 Å². The van der Waals surface area contributed by atoms with E-state index in [1.807, 2.05) is 23.6 Å². The van der Waals surface area contributed by atoms with Crippen LogP contribution < -0.4 is 0 Å². The molecule has 0 atom stereocenters. The van der Waals surface area contributed by atoms with Gasteiger partial charge >= 0.3 is 0 Å². The molecule has 0 amide bonds. The van der Waals surface area contributed by atoms with Gasteiger partial charge in [-0.05, 0) is 17.5 Å². The Morgan fingerprint density at radius 1 is 1.64 bits per heavy atom. The van der Waals surface area contributed by atoms with Gasteiger partial charge in [-0.15, -0.1) is 0 Å². The fourth-order valence-corrected chi connectivity index (χ4v) is 1.87. The first kappa shape index (κ1) is 9.15. The van der Waals surface area contributed by atoms with Crippen molar-refractivity contribution in [2.45, 2.75) is 0 Å². The van der Waals surface area contributed by atoms with Crippen LogP contribution in [0.4, 0.5) is 0 Å². The number of furan rings is 1. The molecular weight excluding hydrogens is 198 g/mol. The maximum Gasteiger partial charge on any atom is 0.223 e. The van der Waals surface area contributed by atoms with Crippen molar-refractivity contribution in [3.8, 4) is 0 Å². The summed E-state index contributed by atoms with van der Waals surface area (Å²) >= 11 is 1.52. The van der Waals surface area contributed by atoms with Gasteiger partial charge in [0.1, 0.15) is 0 Å². The van der Waals surface area contributed by atoms with E-state index in [0.29, 0.717) is 5.76 Å². The zero-order chi connectivity index (χ0) is 9.97. The zero-order valence-corrected chi connectivity index (χ0v) is 8.45. The van der Waals surface area contributed by atoms with E-state index in [4.69, 9.17) is 4.42 Å². The molecule has 0 aliphatic carbocycles. The van der Waals surface area contributed by atoms with Gasteiger partial charge in [-0.25, -0.2) is 0 Å². The predicted molar refractivity (Wildman–Crippen MR) is 55.6 cm³/mol. The molecule has 0 aromatic carbocycles. The minimum atomic E-state index is -0.104. The van der Waals surface area contributed by atoms with Crippen LogP contribution in [0.3, 0.4) is 0 Å². The summed E-state index contributed by atoms with van der Waals surface area (Å²) < 4.78 is 5.00. The lowest BCUT2D eigenvalue weighted by molar-refractivity contribution is 0.102. The normalized spacial score (nSPS) is 18.1. The minimum Gasteiger partial charge on any atom is -0.461 e. The number of allylic oxidation sites excluding steroid dienone is 1. The molecule has 0 spiro atoms. The molecule has 0 saturated carbocycles. The smallest absolute Gasteiger partial charge is 0.223 e. The molecule has 0 N–H and O–H groups in total. The number of rotatable bonds is 2. The lowest BCUT2D eigenvalue weighted by Gasteiger charge is -2.08. The highest BCUT2D eigenvalue weighted by molar-refractivity contribution is 8.06. The predicted octanol–water partition coefficient (Wildman–Crippen LogP) is 2.45. The highest BCUT2D eigenvalue weighted by Crippen LogP contribution is 2.27. The third kappa shape index (κ3) is 1.75. The molecule has 72 valence electrons. The van der Waals surface area contributed by atoms with Crippen LogP contribution in [-0.2, 0) is 0 Å². The summed E-state index contributed by atoms with van der Waals surface area (Å²) in [5.41, 5.74) is 0. The lowest BCUT2D eigenvalue weighted by Crippen LogP contribution is -2.05. The molecule has 4 heteroatoms. The van der Waals surface area contributed by atoms with Crippen molar-refractivity contribution < 1.29 is 9.21 Å². The van der Waals surface area contributed by atoms with E-state index < -0.39 is 0 Å². The first-order chi connectivity index (χ1) is 6.77. The van der Waals surface area contributed by atoms with E-state index in [-0.39, 0.29) is 5.78 Å². The van der Waals surface area contributed by atoms with Gasteiger partial charge in [0.25, 0.3) is 0 Å². The van der Waals surface area contributed by atoms with E-state index in [1.165, 1.54) is 18.0 Å². The number of ketones is 1. The van der Waals surface area contributed by atoms with Gasteiger partial charge in [-0.1, -0.05) is 11.8 Å². The Bertz CT molecular complexity index is 392. The SMILES string of the molecule is CN1C=CS/C1=C/C(=O)c1ccco1. The summed E-state index contributed by atoms with van der Waals surface area (Å²) in [5.74, 6) is 0.270. The van der Waals surface area contributed by atoms with E-state index in [1.54, 1.807) is 18.2 Å². The second kappa shape index (κ2) is 3.75. The molecule has 1 aromatic rings. The quantitative estimate of drug-likeness (QED) is 0.551. The molecule has 0 saturated heterocycles. The standard InChI is InChI=1S/C10H9NO2S/c1-11-4-6-14-10(11)7-8(12)9-3-2-5-13-9/h2-7H,1H3/b10-7+. The molecular formula is C10H9NO2S. The molecule has 0 radical (unpaired) electrons. The number of carbonyl (C=O) groups excluding carboxylic acids is 1. The largest absolute Gasteiger partial charge is 0.461 e. The summed E-state index contributed by atoms with van der Waals surface area (Å²) in [7, 11) is 1.90.